The molecular formula is C24H30N2O3. The fraction of sp³-hybridized carbons (Fsp3) is 0.417. The van der Waals surface area contributed by atoms with Crippen LogP contribution in [0.3, 0.4) is 0 Å². The van der Waals surface area contributed by atoms with E-state index >= 15 is 0 Å². The second-order valence-electron chi connectivity index (χ2n) is 7.53. The molecule has 1 fully saturated rings. The lowest BCUT2D eigenvalue weighted by atomic mass is 10.0. The first kappa shape index (κ1) is 21.1. The molecule has 5 heteroatoms. The minimum absolute atomic E-state index is 0.0106. The molecule has 0 bridgehead atoms. The zero-order valence-corrected chi connectivity index (χ0v) is 17.2. The molecule has 1 aliphatic heterocycles. The van der Waals surface area contributed by atoms with E-state index in [2.05, 4.69) is 28.4 Å². The molecule has 0 spiro atoms. The second-order valence-corrected chi connectivity index (χ2v) is 7.53. The van der Waals surface area contributed by atoms with Crippen LogP contribution in [-0.4, -0.2) is 36.8 Å². The van der Waals surface area contributed by atoms with Crippen LogP contribution in [-0.2, 0) is 17.9 Å². The van der Waals surface area contributed by atoms with E-state index in [9.17, 15) is 9.59 Å². The third-order valence-corrected chi connectivity index (χ3v) is 5.41. The number of rotatable bonds is 10. The minimum Gasteiger partial charge on any atom is -0.497 e. The topological polar surface area (TPSA) is 58.6 Å². The summed E-state index contributed by atoms with van der Waals surface area (Å²) in [7, 11) is 1.60. The molecule has 1 saturated heterocycles. The molecule has 0 unspecified atom stereocenters. The molecule has 2 aromatic rings. The predicted octanol–water partition coefficient (Wildman–Crippen LogP) is 3.96. The molecule has 1 aliphatic rings. The number of likely N-dealkylation sites (tertiary alicyclic amines) is 1. The van der Waals surface area contributed by atoms with Crippen LogP contribution in [0.25, 0.3) is 0 Å². The number of nitrogens with one attached hydrogen (secondary N) is 1. The van der Waals surface area contributed by atoms with Crippen LogP contribution in [0.5, 0.6) is 5.75 Å². The van der Waals surface area contributed by atoms with Gasteiger partial charge in [-0.25, -0.2) is 0 Å². The van der Waals surface area contributed by atoms with Crippen LogP contribution in [0.15, 0.2) is 48.5 Å². The van der Waals surface area contributed by atoms with Gasteiger partial charge in [0.2, 0.25) is 5.91 Å². The van der Waals surface area contributed by atoms with Crippen molar-refractivity contribution in [3.05, 3.63) is 65.2 Å². The first-order valence-corrected chi connectivity index (χ1v) is 10.4. The molecule has 0 aromatic heterocycles. The second kappa shape index (κ2) is 10.8. The molecule has 1 N–H and O–H groups in total. The number of hydrogen-bond donors (Lipinski definition) is 1. The predicted molar refractivity (Wildman–Crippen MR) is 114 cm³/mol. The Morgan fingerprint density at radius 1 is 0.966 bits per heavy atom. The lowest BCUT2D eigenvalue weighted by Gasteiger charge is -2.17. The Morgan fingerprint density at radius 3 is 2.34 bits per heavy atom. The van der Waals surface area contributed by atoms with E-state index in [1.165, 1.54) is 24.0 Å². The van der Waals surface area contributed by atoms with Crippen molar-refractivity contribution >= 4 is 11.7 Å². The molecule has 0 aliphatic carbocycles. The van der Waals surface area contributed by atoms with E-state index in [4.69, 9.17) is 4.74 Å². The number of ether oxygens (including phenoxy) is 1. The number of carbonyl (C=O) groups excluding carboxylic acids is 2. The standard InChI is InChI=1S/C24H30N2O3/c1-29-22-13-11-19(12-14-22)23(27)9-6-10-24(28)25-17-20-7-2-3-8-21(20)18-26-15-4-5-16-26/h2-3,7-8,11-14H,4-6,9-10,15-18H2,1H3,(H,25,28). The Kier molecular flexibility index (Phi) is 7.82. The Hall–Kier alpha value is -2.66. The number of ketones is 1. The van der Waals surface area contributed by atoms with Gasteiger partial charge >= 0.3 is 0 Å². The van der Waals surface area contributed by atoms with Gasteiger partial charge < -0.3 is 10.1 Å². The summed E-state index contributed by atoms with van der Waals surface area (Å²) in [6.45, 7) is 3.80. The molecule has 29 heavy (non-hydrogen) atoms. The molecule has 0 saturated carbocycles. The van der Waals surface area contributed by atoms with Crippen molar-refractivity contribution in [1.29, 1.82) is 0 Å². The Bertz CT molecular complexity index is 811. The molecule has 154 valence electrons. The summed E-state index contributed by atoms with van der Waals surface area (Å²) in [4.78, 5) is 26.9. The molecule has 1 amide bonds. The van der Waals surface area contributed by atoms with Crippen molar-refractivity contribution < 1.29 is 14.3 Å². The van der Waals surface area contributed by atoms with E-state index in [0.717, 1.165) is 25.4 Å². The quantitative estimate of drug-likeness (QED) is 0.620. The molecular weight excluding hydrogens is 364 g/mol. The first-order chi connectivity index (χ1) is 14.2. The first-order valence-electron chi connectivity index (χ1n) is 10.4. The van der Waals surface area contributed by atoms with Crippen LogP contribution < -0.4 is 10.1 Å². The van der Waals surface area contributed by atoms with Gasteiger partial charge in [-0.3, -0.25) is 14.5 Å². The summed E-state index contributed by atoms with van der Waals surface area (Å²) >= 11 is 0. The molecule has 0 radical (unpaired) electrons. The average Bonchev–Trinajstić information content (AvgIpc) is 3.26. The highest BCUT2D eigenvalue weighted by atomic mass is 16.5. The summed E-state index contributed by atoms with van der Waals surface area (Å²) in [5, 5.41) is 3.01. The fourth-order valence-corrected chi connectivity index (χ4v) is 3.68. The summed E-state index contributed by atoms with van der Waals surface area (Å²) in [6.07, 6.45) is 3.82. The Balaban J connectivity index is 1.41. The summed E-state index contributed by atoms with van der Waals surface area (Å²) in [6, 6.07) is 15.4. The number of benzene rings is 2. The van der Waals surface area contributed by atoms with E-state index in [1.54, 1.807) is 31.4 Å². The summed E-state index contributed by atoms with van der Waals surface area (Å²) in [5.74, 6) is 0.769. The number of carbonyl (C=O) groups is 2. The smallest absolute Gasteiger partial charge is 0.220 e. The molecule has 5 nitrogen and oxygen atoms in total. The van der Waals surface area contributed by atoms with E-state index in [1.807, 2.05) is 6.07 Å². The molecule has 3 rings (SSSR count). The van der Waals surface area contributed by atoms with Gasteiger partial charge in [0.05, 0.1) is 7.11 Å². The maximum absolute atomic E-state index is 12.2. The van der Waals surface area contributed by atoms with Gasteiger partial charge in [0.15, 0.2) is 5.78 Å². The highest BCUT2D eigenvalue weighted by molar-refractivity contribution is 5.96. The Morgan fingerprint density at radius 2 is 1.66 bits per heavy atom. The third-order valence-electron chi connectivity index (χ3n) is 5.41. The zero-order valence-electron chi connectivity index (χ0n) is 17.2. The van der Waals surface area contributed by atoms with Crippen molar-refractivity contribution in [3.8, 4) is 5.75 Å². The van der Waals surface area contributed by atoms with Crippen molar-refractivity contribution in [1.82, 2.24) is 10.2 Å². The van der Waals surface area contributed by atoms with Crippen LogP contribution in [0.2, 0.25) is 0 Å². The number of hydrogen-bond acceptors (Lipinski definition) is 4. The van der Waals surface area contributed by atoms with Gasteiger partial charge in [-0.1, -0.05) is 24.3 Å². The van der Waals surface area contributed by atoms with E-state index in [0.29, 0.717) is 31.4 Å². The highest BCUT2D eigenvalue weighted by Crippen LogP contribution is 2.16. The monoisotopic (exact) mass is 394 g/mol. The van der Waals surface area contributed by atoms with Crippen LogP contribution in [0.4, 0.5) is 0 Å². The van der Waals surface area contributed by atoms with Gasteiger partial charge in [0.1, 0.15) is 5.75 Å². The van der Waals surface area contributed by atoms with Gasteiger partial charge in [-0.05, 0) is 67.7 Å². The van der Waals surface area contributed by atoms with E-state index < -0.39 is 0 Å². The van der Waals surface area contributed by atoms with Crippen molar-refractivity contribution in [3.63, 3.8) is 0 Å². The minimum atomic E-state index is -0.0106. The van der Waals surface area contributed by atoms with Crippen molar-refractivity contribution in [2.24, 2.45) is 0 Å². The maximum Gasteiger partial charge on any atom is 0.220 e. The zero-order chi connectivity index (χ0) is 20.5. The van der Waals surface area contributed by atoms with Gasteiger partial charge in [-0.2, -0.15) is 0 Å². The van der Waals surface area contributed by atoms with Gasteiger partial charge in [0.25, 0.3) is 0 Å². The fourth-order valence-electron chi connectivity index (χ4n) is 3.68. The summed E-state index contributed by atoms with van der Waals surface area (Å²) in [5.41, 5.74) is 3.11. The molecule has 1 heterocycles. The van der Waals surface area contributed by atoms with Crippen LogP contribution in [0, 0.1) is 0 Å². The van der Waals surface area contributed by atoms with Gasteiger partial charge in [0, 0.05) is 31.5 Å². The molecule has 0 atom stereocenters. The number of Topliss-reactive ketones (excluding diaryl/α,β-unsaturated/α-hetero) is 1. The average molecular weight is 395 g/mol. The maximum atomic E-state index is 12.2. The SMILES string of the molecule is COc1ccc(C(=O)CCCC(=O)NCc2ccccc2CN2CCCC2)cc1. The Labute approximate surface area is 173 Å². The van der Waals surface area contributed by atoms with Crippen LogP contribution in [0.1, 0.15) is 53.6 Å². The molecule has 2 aromatic carbocycles. The van der Waals surface area contributed by atoms with Crippen molar-refractivity contribution in [2.75, 3.05) is 20.2 Å². The summed E-state index contributed by atoms with van der Waals surface area (Å²) < 4.78 is 5.10. The lowest BCUT2D eigenvalue weighted by molar-refractivity contribution is -0.121. The highest BCUT2D eigenvalue weighted by Gasteiger charge is 2.14. The lowest BCUT2D eigenvalue weighted by Crippen LogP contribution is -2.25. The van der Waals surface area contributed by atoms with Crippen LogP contribution >= 0.6 is 0 Å². The van der Waals surface area contributed by atoms with E-state index in [-0.39, 0.29) is 11.7 Å². The largest absolute Gasteiger partial charge is 0.497 e. The number of nitrogens with zero attached hydrogens (tertiary/aromatic N) is 1. The van der Waals surface area contributed by atoms with Gasteiger partial charge in [-0.15, -0.1) is 0 Å². The normalized spacial score (nSPS) is 14.0. The number of amides is 1. The third kappa shape index (κ3) is 6.43. The van der Waals surface area contributed by atoms with Crippen molar-refractivity contribution in [2.45, 2.75) is 45.2 Å². The number of methoxy groups -OCH3 is 1.